The Labute approximate surface area is 116 Å². The maximum atomic E-state index is 9.60. The van der Waals surface area contributed by atoms with Gasteiger partial charge in [-0.3, -0.25) is 9.80 Å². The average molecular weight is 262 g/mol. The third-order valence-electron chi connectivity index (χ3n) is 4.34. The van der Waals surface area contributed by atoms with Gasteiger partial charge in [0.1, 0.15) is 0 Å². The number of aliphatic hydroxyl groups excluding tert-OH is 1. The largest absolute Gasteiger partial charge is 0.395 e. The number of likely N-dealkylation sites (N-methyl/N-ethyl adjacent to an activating group) is 1. The van der Waals surface area contributed by atoms with Gasteiger partial charge in [0.15, 0.2) is 0 Å². The van der Waals surface area contributed by atoms with Crippen LogP contribution in [0.25, 0.3) is 0 Å². The van der Waals surface area contributed by atoms with E-state index in [-0.39, 0.29) is 18.2 Å². The number of piperazine rings is 1. The summed E-state index contributed by atoms with van der Waals surface area (Å²) in [7, 11) is 2.14. The lowest BCUT2D eigenvalue weighted by Gasteiger charge is -2.49. The normalized spacial score (nSPS) is 24.6. The maximum Gasteiger partial charge on any atom is 0.0599 e. The Bertz CT molecular complexity index is 413. The Kier molecular flexibility index (Phi) is 4.29. The van der Waals surface area contributed by atoms with E-state index in [2.05, 4.69) is 61.9 Å². The van der Waals surface area contributed by atoms with Crippen LogP contribution >= 0.6 is 0 Å². The molecule has 0 saturated carbocycles. The van der Waals surface area contributed by atoms with Crippen molar-refractivity contribution in [3.05, 3.63) is 35.4 Å². The fourth-order valence-corrected chi connectivity index (χ4v) is 2.71. The zero-order chi connectivity index (χ0) is 14.0. The fourth-order valence-electron chi connectivity index (χ4n) is 2.71. The molecule has 0 aromatic heterocycles. The van der Waals surface area contributed by atoms with Gasteiger partial charge in [0.25, 0.3) is 0 Å². The lowest BCUT2D eigenvalue weighted by atomic mass is 9.96. The van der Waals surface area contributed by atoms with Crippen LogP contribution in [-0.4, -0.2) is 53.2 Å². The lowest BCUT2D eigenvalue weighted by Crippen LogP contribution is -2.62. The van der Waals surface area contributed by atoms with E-state index in [1.807, 2.05) is 0 Å². The second-order valence-electron chi connectivity index (χ2n) is 6.42. The van der Waals surface area contributed by atoms with Crippen LogP contribution < -0.4 is 0 Å². The van der Waals surface area contributed by atoms with Gasteiger partial charge in [-0.25, -0.2) is 0 Å². The second-order valence-corrected chi connectivity index (χ2v) is 6.42. The first-order chi connectivity index (χ1) is 8.92. The molecule has 1 aromatic rings. The van der Waals surface area contributed by atoms with Gasteiger partial charge in [-0.05, 0) is 33.4 Å². The minimum Gasteiger partial charge on any atom is -0.395 e. The van der Waals surface area contributed by atoms with Crippen molar-refractivity contribution in [2.75, 3.05) is 26.7 Å². The predicted octanol–water partition coefficient (Wildman–Crippen LogP) is 1.88. The monoisotopic (exact) mass is 262 g/mol. The molecule has 0 radical (unpaired) electrons. The summed E-state index contributed by atoms with van der Waals surface area (Å²) in [5.74, 6) is 0. The van der Waals surface area contributed by atoms with E-state index in [0.717, 1.165) is 19.6 Å². The molecule has 3 heteroatoms. The van der Waals surface area contributed by atoms with Crippen molar-refractivity contribution in [1.29, 1.82) is 0 Å². The third-order valence-corrected chi connectivity index (χ3v) is 4.34. The highest BCUT2D eigenvalue weighted by molar-refractivity contribution is 5.21. The summed E-state index contributed by atoms with van der Waals surface area (Å²) in [6.45, 7) is 9.71. The lowest BCUT2D eigenvalue weighted by molar-refractivity contribution is -0.0248. The maximum absolute atomic E-state index is 9.60. The van der Waals surface area contributed by atoms with Gasteiger partial charge < -0.3 is 5.11 Å². The molecule has 1 N–H and O–H groups in total. The molecule has 1 unspecified atom stereocenters. The van der Waals surface area contributed by atoms with Crippen LogP contribution in [0.2, 0.25) is 0 Å². The van der Waals surface area contributed by atoms with Gasteiger partial charge in [-0.15, -0.1) is 0 Å². The summed E-state index contributed by atoms with van der Waals surface area (Å²) in [6, 6.07) is 8.93. The van der Waals surface area contributed by atoms with Crippen molar-refractivity contribution in [2.24, 2.45) is 0 Å². The Balaban J connectivity index is 2.10. The predicted molar refractivity (Wildman–Crippen MR) is 79.2 cm³/mol. The highest BCUT2D eigenvalue weighted by Gasteiger charge is 2.36. The van der Waals surface area contributed by atoms with Gasteiger partial charge >= 0.3 is 0 Å². The number of aliphatic hydroxyl groups is 1. The van der Waals surface area contributed by atoms with Crippen molar-refractivity contribution >= 4 is 0 Å². The van der Waals surface area contributed by atoms with E-state index < -0.39 is 0 Å². The van der Waals surface area contributed by atoms with Crippen LogP contribution in [0, 0.1) is 6.92 Å². The first-order valence-corrected chi connectivity index (χ1v) is 7.04. The summed E-state index contributed by atoms with van der Waals surface area (Å²) < 4.78 is 0. The molecule has 0 aliphatic carbocycles. The van der Waals surface area contributed by atoms with E-state index >= 15 is 0 Å². The van der Waals surface area contributed by atoms with Crippen molar-refractivity contribution in [2.45, 2.75) is 38.9 Å². The molecular formula is C16H26N2O. The molecule has 1 aliphatic rings. The molecular weight excluding hydrogens is 236 g/mol. The van der Waals surface area contributed by atoms with Crippen molar-refractivity contribution in [1.82, 2.24) is 9.80 Å². The third kappa shape index (κ3) is 3.35. The molecule has 1 fully saturated rings. The molecule has 0 bridgehead atoms. The number of hydrogen-bond donors (Lipinski definition) is 1. The van der Waals surface area contributed by atoms with Crippen molar-refractivity contribution < 1.29 is 5.11 Å². The Morgan fingerprint density at radius 2 is 1.89 bits per heavy atom. The van der Waals surface area contributed by atoms with Gasteiger partial charge in [0.05, 0.1) is 6.61 Å². The summed E-state index contributed by atoms with van der Waals surface area (Å²) in [6.07, 6.45) is 0. The SMILES string of the molecule is Cc1ccc(CN2CC(C)(C)N(C)CC2CO)cc1. The Morgan fingerprint density at radius 3 is 2.47 bits per heavy atom. The molecule has 0 amide bonds. The fraction of sp³-hybridized carbons (Fsp3) is 0.625. The average Bonchev–Trinajstić information content (AvgIpc) is 2.36. The molecule has 1 aliphatic heterocycles. The summed E-state index contributed by atoms with van der Waals surface area (Å²) in [5.41, 5.74) is 2.78. The quantitative estimate of drug-likeness (QED) is 0.901. The standard InChI is InChI=1S/C16H26N2O/c1-13-5-7-14(8-6-13)9-18-12-16(2,3)17(4)10-15(18)11-19/h5-8,15,19H,9-12H2,1-4H3. The van der Waals surface area contributed by atoms with Gasteiger partial charge in [-0.1, -0.05) is 29.8 Å². The molecule has 1 heterocycles. The molecule has 3 nitrogen and oxygen atoms in total. The van der Waals surface area contributed by atoms with Crippen LogP contribution in [0.5, 0.6) is 0 Å². The van der Waals surface area contributed by atoms with Crippen LogP contribution in [0.1, 0.15) is 25.0 Å². The van der Waals surface area contributed by atoms with Crippen LogP contribution in [-0.2, 0) is 6.54 Å². The number of aryl methyl sites for hydroxylation is 1. The number of nitrogens with zero attached hydrogens (tertiary/aromatic N) is 2. The van der Waals surface area contributed by atoms with E-state index in [1.54, 1.807) is 0 Å². The Morgan fingerprint density at radius 1 is 1.26 bits per heavy atom. The van der Waals surface area contributed by atoms with Crippen LogP contribution in [0.15, 0.2) is 24.3 Å². The van der Waals surface area contributed by atoms with E-state index in [0.29, 0.717) is 0 Å². The molecule has 1 atom stereocenters. The summed E-state index contributed by atoms with van der Waals surface area (Å²) in [4.78, 5) is 4.75. The molecule has 1 aromatic carbocycles. The number of benzene rings is 1. The molecule has 1 saturated heterocycles. The first-order valence-electron chi connectivity index (χ1n) is 7.04. The zero-order valence-corrected chi connectivity index (χ0v) is 12.6. The zero-order valence-electron chi connectivity index (χ0n) is 12.6. The van der Waals surface area contributed by atoms with E-state index in [1.165, 1.54) is 11.1 Å². The minimum absolute atomic E-state index is 0.163. The van der Waals surface area contributed by atoms with Crippen LogP contribution in [0.3, 0.4) is 0 Å². The molecule has 2 rings (SSSR count). The van der Waals surface area contributed by atoms with E-state index in [9.17, 15) is 5.11 Å². The smallest absolute Gasteiger partial charge is 0.0599 e. The van der Waals surface area contributed by atoms with E-state index in [4.69, 9.17) is 0 Å². The Hall–Kier alpha value is -0.900. The minimum atomic E-state index is 0.163. The second kappa shape index (κ2) is 5.61. The van der Waals surface area contributed by atoms with Crippen LogP contribution in [0.4, 0.5) is 0 Å². The highest BCUT2D eigenvalue weighted by Crippen LogP contribution is 2.24. The molecule has 106 valence electrons. The number of rotatable bonds is 3. The molecule has 19 heavy (non-hydrogen) atoms. The topological polar surface area (TPSA) is 26.7 Å². The summed E-state index contributed by atoms with van der Waals surface area (Å²) >= 11 is 0. The molecule has 0 spiro atoms. The van der Waals surface area contributed by atoms with Gasteiger partial charge in [0, 0.05) is 31.2 Å². The summed E-state index contributed by atoms with van der Waals surface area (Å²) in [5, 5.41) is 9.60. The van der Waals surface area contributed by atoms with Crippen molar-refractivity contribution in [3.8, 4) is 0 Å². The highest BCUT2D eigenvalue weighted by atomic mass is 16.3. The van der Waals surface area contributed by atoms with Crippen molar-refractivity contribution in [3.63, 3.8) is 0 Å². The van der Waals surface area contributed by atoms with Gasteiger partial charge in [-0.2, -0.15) is 0 Å². The number of hydrogen-bond acceptors (Lipinski definition) is 3. The van der Waals surface area contributed by atoms with Gasteiger partial charge in [0.2, 0.25) is 0 Å². The first kappa shape index (κ1) is 14.5.